The molecule has 0 spiro atoms. The van der Waals surface area contributed by atoms with E-state index in [0.29, 0.717) is 25.9 Å². The van der Waals surface area contributed by atoms with E-state index < -0.39 is 11.9 Å². The normalized spacial score (nSPS) is 28.5. The summed E-state index contributed by atoms with van der Waals surface area (Å²) in [7, 11) is 0. The van der Waals surface area contributed by atoms with E-state index in [1.165, 1.54) is 0 Å². The first-order valence-corrected chi connectivity index (χ1v) is 8.73. The van der Waals surface area contributed by atoms with Crippen molar-refractivity contribution in [3.63, 3.8) is 0 Å². The molecule has 0 aromatic carbocycles. The first-order valence-electron chi connectivity index (χ1n) is 8.73. The quantitative estimate of drug-likeness (QED) is 0.835. The zero-order valence-corrected chi connectivity index (χ0v) is 14.3. The lowest BCUT2D eigenvalue weighted by atomic mass is 9.89. The van der Waals surface area contributed by atoms with Gasteiger partial charge in [-0.05, 0) is 32.6 Å². The van der Waals surface area contributed by atoms with Crippen molar-refractivity contribution in [1.29, 1.82) is 0 Å². The van der Waals surface area contributed by atoms with Crippen LogP contribution in [0.2, 0.25) is 0 Å². The zero-order valence-electron chi connectivity index (χ0n) is 14.3. The second-order valence-corrected chi connectivity index (χ2v) is 6.78. The van der Waals surface area contributed by atoms with Crippen LogP contribution in [0.25, 0.3) is 0 Å². The Kier molecular flexibility index (Phi) is 5.65. The fourth-order valence-electron chi connectivity index (χ4n) is 4.00. The Labute approximate surface area is 137 Å². The highest BCUT2D eigenvalue weighted by molar-refractivity contribution is 5.90. The minimum absolute atomic E-state index is 0.0507. The van der Waals surface area contributed by atoms with E-state index in [-0.39, 0.29) is 36.2 Å². The van der Waals surface area contributed by atoms with Gasteiger partial charge in [-0.2, -0.15) is 0 Å². The maximum absolute atomic E-state index is 12.8. The summed E-state index contributed by atoms with van der Waals surface area (Å²) in [4.78, 5) is 39.9. The Balaban J connectivity index is 2.06. The number of carboxylic acid groups (broad SMARTS) is 1. The number of nitrogens with zero attached hydrogens (tertiary/aromatic N) is 2. The van der Waals surface area contributed by atoms with Crippen LogP contribution < -0.4 is 0 Å². The molecule has 6 nitrogen and oxygen atoms in total. The lowest BCUT2D eigenvalue weighted by Crippen LogP contribution is -2.51. The van der Waals surface area contributed by atoms with Gasteiger partial charge in [-0.15, -0.1) is 0 Å². The summed E-state index contributed by atoms with van der Waals surface area (Å²) in [5.41, 5.74) is 0. The summed E-state index contributed by atoms with van der Waals surface area (Å²) in [6.45, 7) is 7.00. The van der Waals surface area contributed by atoms with Crippen LogP contribution in [0.15, 0.2) is 0 Å². The summed E-state index contributed by atoms with van der Waals surface area (Å²) in [5, 5.41) is 9.29. The summed E-state index contributed by atoms with van der Waals surface area (Å²) in [5.74, 6) is -1.66. The number of amides is 2. The molecule has 23 heavy (non-hydrogen) atoms. The van der Waals surface area contributed by atoms with E-state index >= 15 is 0 Å². The molecule has 1 N–H and O–H groups in total. The predicted molar refractivity (Wildman–Crippen MR) is 85.7 cm³/mol. The average molecular weight is 324 g/mol. The minimum atomic E-state index is -0.837. The van der Waals surface area contributed by atoms with E-state index in [0.717, 1.165) is 12.8 Å². The highest BCUT2D eigenvalue weighted by atomic mass is 16.4. The van der Waals surface area contributed by atoms with Gasteiger partial charge in [0.2, 0.25) is 11.8 Å². The number of piperidine rings is 1. The van der Waals surface area contributed by atoms with Crippen LogP contribution >= 0.6 is 0 Å². The summed E-state index contributed by atoms with van der Waals surface area (Å²) >= 11 is 0. The van der Waals surface area contributed by atoms with Gasteiger partial charge in [-0.3, -0.25) is 14.4 Å². The van der Waals surface area contributed by atoms with Gasteiger partial charge in [-0.1, -0.05) is 13.8 Å². The van der Waals surface area contributed by atoms with Crippen LogP contribution in [0, 0.1) is 11.8 Å². The molecular formula is C17H28N2O4. The van der Waals surface area contributed by atoms with Crippen LogP contribution in [0.4, 0.5) is 0 Å². The Morgan fingerprint density at radius 2 is 1.96 bits per heavy atom. The molecule has 2 rings (SSSR count). The second kappa shape index (κ2) is 7.32. The molecule has 2 fully saturated rings. The molecule has 6 heteroatoms. The molecule has 130 valence electrons. The van der Waals surface area contributed by atoms with Crippen molar-refractivity contribution in [3.8, 4) is 0 Å². The SMILES string of the molecule is CCC(CC)N1CC(C(=O)N2CCC[C@H](C(=O)O)[C@@H]2C)CC1=O. The molecule has 2 saturated heterocycles. The van der Waals surface area contributed by atoms with Gasteiger partial charge in [-0.25, -0.2) is 0 Å². The van der Waals surface area contributed by atoms with Crippen LogP contribution in [-0.4, -0.2) is 57.9 Å². The number of hydrogen-bond acceptors (Lipinski definition) is 3. The van der Waals surface area contributed by atoms with Crippen molar-refractivity contribution >= 4 is 17.8 Å². The third kappa shape index (κ3) is 3.51. The van der Waals surface area contributed by atoms with Crippen molar-refractivity contribution < 1.29 is 19.5 Å². The molecule has 2 amide bonds. The maximum atomic E-state index is 12.8. The van der Waals surface area contributed by atoms with Crippen molar-refractivity contribution in [1.82, 2.24) is 9.80 Å². The Morgan fingerprint density at radius 1 is 1.30 bits per heavy atom. The van der Waals surface area contributed by atoms with Gasteiger partial charge in [0.15, 0.2) is 0 Å². The Bertz CT molecular complexity index is 475. The van der Waals surface area contributed by atoms with Crippen molar-refractivity contribution in [2.75, 3.05) is 13.1 Å². The van der Waals surface area contributed by atoms with Gasteiger partial charge < -0.3 is 14.9 Å². The Hall–Kier alpha value is -1.59. The fraction of sp³-hybridized carbons (Fsp3) is 0.824. The molecule has 2 aliphatic heterocycles. The highest BCUT2D eigenvalue weighted by Gasteiger charge is 2.42. The number of aliphatic carboxylic acids is 1. The lowest BCUT2D eigenvalue weighted by molar-refractivity contribution is -0.150. The van der Waals surface area contributed by atoms with Gasteiger partial charge in [0.05, 0.1) is 11.8 Å². The van der Waals surface area contributed by atoms with E-state index in [1.54, 1.807) is 4.90 Å². The largest absolute Gasteiger partial charge is 0.481 e. The van der Waals surface area contributed by atoms with Gasteiger partial charge in [0.25, 0.3) is 0 Å². The zero-order chi connectivity index (χ0) is 17.1. The summed E-state index contributed by atoms with van der Waals surface area (Å²) in [6.07, 6.45) is 3.37. The first kappa shape index (κ1) is 17.8. The molecule has 2 heterocycles. The molecule has 0 aliphatic carbocycles. The standard InChI is InChI=1S/C17H28N2O4/c1-4-13(5-2)19-10-12(9-15(19)20)16(21)18-8-6-7-14(11(18)3)17(22)23/h11-14H,4-10H2,1-3H3,(H,22,23)/t11-,12?,14-/m0/s1. The highest BCUT2D eigenvalue weighted by Crippen LogP contribution is 2.29. The van der Waals surface area contributed by atoms with Crippen molar-refractivity contribution in [2.45, 2.75) is 65.0 Å². The number of rotatable bonds is 5. The van der Waals surface area contributed by atoms with E-state index in [1.807, 2.05) is 11.8 Å². The monoisotopic (exact) mass is 324 g/mol. The molecule has 0 aromatic rings. The van der Waals surface area contributed by atoms with Gasteiger partial charge >= 0.3 is 5.97 Å². The number of likely N-dealkylation sites (tertiary alicyclic amines) is 2. The van der Waals surface area contributed by atoms with Crippen LogP contribution in [0.1, 0.15) is 52.9 Å². The third-order valence-electron chi connectivity index (χ3n) is 5.48. The molecule has 2 aliphatic rings. The number of carboxylic acids is 1. The number of hydrogen-bond donors (Lipinski definition) is 1. The third-order valence-corrected chi connectivity index (χ3v) is 5.48. The molecule has 3 atom stereocenters. The molecule has 0 saturated carbocycles. The molecular weight excluding hydrogens is 296 g/mol. The van der Waals surface area contributed by atoms with Crippen LogP contribution in [-0.2, 0) is 14.4 Å². The maximum Gasteiger partial charge on any atom is 0.308 e. The fourth-order valence-corrected chi connectivity index (χ4v) is 4.00. The summed E-state index contributed by atoms with van der Waals surface area (Å²) < 4.78 is 0. The van der Waals surface area contributed by atoms with Gasteiger partial charge in [0, 0.05) is 31.6 Å². The summed E-state index contributed by atoms with van der Waals surface area (Å²) in [6, 6.07) is -0.100. The minimum Gasteiger partial charge on any atom is -0.481 e. The van der Waals surface area contributed by atoms with E-state index in [4.69, 9.17) is 0 Å². The Morgan fingerprint density at radius 3 is 2.52 bits per heavy atom. The van der Waals surface area contributed by atoms with E-state index in [9.17, 15) is 19.5 Å². The molecule has 1 unspecified atom stereocenters. The second-order valence-electron chi connectivity index (χ2n) is 6.78. The van der Waals surface area contributed by atoms with Gasteiger partial charge in [0.1, 0.15) is 0 Å². The average Bonchev–Trinajstić information content (AvgIpc) is 2.90. The van der Waals surface area contributed by atoms with E-state index in [2.05, 4.69) is 13.8 Å². The molecule has 0 bridgehead atoms. The first-order chi connectivity index (χ1) is 10.9. The van der Waals surface area contributed by atoms with Crippen LogP contribution in [0.5, 0.6) is 0 Å². The molecule has 0 radical (unpaired) electrons. The predicted octanol–water partition coefficient (Wildman–Crippen LogP) is 1.74. The lowest BCUT2D eigenvalue weighted by Gasteiger charge is -2.38. The van der Waals surface area contributed by atoms with Crippen LogP contribution in [0.3, 0.4) is 0 Å². The molecule has 0 aromatic heterocycles. The topological polar surface area (TPSA) is 77.9 Å². The van der Waals surface area contributed by atoms with Crippen molar-refractivity contribution in [3.05, 3.63) is 0 Å². The number of carbonyl (C=O) groups excluding carboxylic acids is 2. The van der Waals surface area contributed by atoms with Crippen molar-refractivity contribution in [2.24, 2.45) is 11.8 Å². The number of carbonyl (C=O) groups is 3. The smallest absolute Gasteiger partial charge is 0.308 e.